The SMILES string of the molecule is CCCNc1nc(C)cc(N(C)CC(C)C#N)n1. The monoisotopic (exact) mass is 247 g/mol. The maximum absolute atomic E-state index is 8.83. The van der Waals surface area contributed by atoms with Gasteiger partial charge in [0.2, 0.25) is 5.95 Å². The summed E-state index contributed by atoms with van der Waals surface area (Å²) in [5, 5.41) is 12.0. The number of hydrogen-bond acceptors (Lipinski definition) is 5. The van der Waals surface area contributed by atoms with Crippen LogP contribution >= 0.6 is 0 Å². The molecule has 1 heterocycles. The van der Waals surface area contributed by atoms with E-state index in [1.54, 1.807) is 0 Å². The summed E-state index contributed by atoms with van der Waals surface area (Å²) in [5.74, 6) is 1.49. The zero-order chi connectivity index (χ0) is 13.5. The molecule has 0 fully saturated rings. The Balaban J connectivity index is 2.81. The van der Waals surface area contributed by atoms with Crippen LogP contribution < -0.4 is 10.2 Å². The van der Waals surface area contributed by atoms with Gasteiger partial charge in [0.05, 0.1) is 12.0 Å². The molecule has 0 spiro atoms. The third-order valence-corrected chi connectivity index (χ3v) is 2.53. The molecule has 1 unspecified atom stereocenters. The molecule has 98 valence electrons. The van der Waals surface area contributed by atoms with Crippen molar-refractivity contribution in [3.05, 3.63) is 11.8 Å². The van der Waals surface area contributed by atoms with Crippen LogP contribution in [0.5, 0.6) is 0 Å². The van der Waals surface area contributed by atoms with Crippen molar-refractivity contribution in [1.82, 2.24) is 9.97 Å². The molecule has 0 saturated carbocycles. The highest BCUT2D eigenvalue weighted by Gasteiger charge is 2.09. The highest BCUT2D eigenvalue weighted by molar-refractivity contribution is 5.44. The topological polar surface area (TPSA) is 64.8 Å². The average molecular weight is 247 g/mol. The van der Waals surface area contributed by atoms with E-state index in [0.717, 1.165) is 24.5 Å². The molecule has 0 aliphatic carbocycles. The van der Waals surface area contributed by atoms with Crippen molar-refractivity contribution in [3.63, 3.8) is 0 Å². The van der Waals surface area contributed by atoms with Crippen LogP contribution in [0.25, 0.3) is 0 Å². The third kappa shape index (κ3) is 4.21. The van der Waals surface area contributed by atoms with Crippen molar-refractivity contribution in [2.24, 2.45) is 5.92 Å². The fourth-order valence-corrected chi connectivity index (χ4v) is 1.61. The van der Waals surface area contributed by atoms with Crippen molar-refractivity contribution in [3.8, 4) is 6.07 Å². The molecule has 0 aromatic carbocycles. The number of nitrogens with one attached hydrogen (secondary N) is 1. The maximum Gasteiger partial charge on any atom is 0.224 e. The Kier molecular flexibility index (Phi) is 5.37. The molecule has 5 heteroatoms. The van der Waals surface area contributed by atoms with Crippen LogP contribution in [0.1, 0.15) is 26.0 Å². The summed E-state index contributed by atoms with van der Waals surface area (Å²) in [6, 6.07) is 4.16. The highest BCUT2D eigenvalue weighted by atomic mass is 15.2. The molecule has 0 bridgehead atoms. The first-order chi connectivity index (χ1) is 8.56. The van der Waals surface area contributed by atoms with Crippen LogP contribution in [0.15, 0.2) is 6.07 Å². The van der Waals surface area contributed by atoms with Crippen LogP contribution in [0.4, 0.5) is 11.8 Å². The lowest BCUT2D eigenvalue weighted by Crippen LogP contribution is -2.24. The second kappa shape index (κ2) is 6.80. The lowest BCUT2D eigenvalue weighted by atomic mass is 10.2. The second-order valence-electron chi connectivity index (χ2n) is 4.53. The van der Waals surface area contributed by atoms with Gasteiger partial charge in [-0.15, -0.1) is 0 Å². The molecule has 1 aromatic heterocycles. The normalized spacial score (nSPS) is 11.7. The van der Waals surface area contributed by atoms with Gasteiger partial charge in [-0.3, -0.25) is 0 Å². The molecular formula is C13H21N5. The molecule has 0 saturated heterocycles. The van der Waals surface area contributed by atoms with Gasteiger partial charge >= 0.3 is 0 Å². The Morgan fingerprint density at radius 2 is 2.22 bits per heavy atom. The summed E-state index contributed by atoms with van der Waals surface area (Å²) in [6.45, 7) is 7.48. The zero-order valence-corrected chi connectivity index (χ0v) is 11.6. The largest absolute Gasteiger partial charge is 0.358 e. The summed E-state index contributed by atoms with van der Waals surface area (Å²) in [7, 11) is 1.94. The molecule has 1 atom stereocenters. The smallest absolute Gasteiger partial charge is 0.224 e. The summed E-state index contributed by atoms with van der Waals surface area (Å²) in [4.78, 5) is 10.8. The Bertz CT molecular complexity index is 424. The molecule has 0 aliphatic heterocycles. The van der Waals surface area contributed by atoms with E-state index in [4.69, 9.17) is 5.26 Å². The molecule has 1 N–H and O–H groups in total. The average Bonchev–Trinajstić information content (AvgIpc) is 2.35. The minimum absolute atomic E-state index is 0.0164. The molecular weight excluding hydrogens is 226 g/mol. The van der Waals surface area contributed by atoms with Crippen molar-refractivity contribution in [1.29, 1.82) is 5.26 Å². The Labute approximate surface area is 109 Å². The number of nitrogens with zero attached hydrogens (tertiary/aromatic N) is 4. The first-order valence-corrected chi connectivity index (χ1v) is 6.27. The van der Waals surface area contributed by atoms with E-state index >= 15 is 0 Å². The lowest BCUT2D eigenvalue weighted by Gasteiger charge is -2.20. The van der Waals surface area contributed by atoms with Crippen LogP contribution in [-0.4, -0.2) is 30.1 Å². The van der Waals surface area contributed by atoms with Gasteiger partial charge in [-0.2, -0.15) is 10.2 Å². The number of anilines is 2. The molecule has 0 aliphatic rings. The van der Waals surface area contributed by atoms with Crippen LogP contribution in [0.2, 0.25) is 0 Å². The summed E-state index contributed by atoms with van der Waals surface area (Å²) in [5.41, 5.74) is 0.926. The van der Waals surface area contributed by atoms with Crippen LogP contribution in [0.3, 0.4) is 0 Å². The van der Waals surface area contributed by atoms with Crippen molar-refractivity contribution >= 4 is 11.8 Å². The van der Waals surface area contributed by atoms with Gasteiger partial charge in [-0.1, -0.05) is 6.92 Å². The summed E-state index contributed by atoms with van der Waals surface area (Å²) >= 11 is 0. The maximum atomic E-state index is 8.83. The first-order valence-electron chi connectivity index (χ1n) is 6.27. The van der Waals surface area contributed by atoms with Gasteiger partial charge in [0.1, 0.15) is 5.82 Å². The lowest BCUT2D eigenvalue weighted by molar-refractivity contribution is 0.709. The summed E-state index contributed by atoms with van der Waals surface area (Å²) in [6.07, 6.45) is 1.04. The number of rotatable bonds is 6. The summed E-state index contributed by atoms with van der Waals surface area (Å²) < 4.78 is 0. The zero-order valence-electron chi connectivity index (χ0n) is 11.6. The molecule has 1 rings (SSSR count). The van der Waals surface area contributed by atoms with Crippen molar-refractivity contribution < 1.29 is 0 Å². The molecule has 1 aromatic rings. The molecule has 0 radical (unpaired) electrons. The number of aryl methyl sites for hydroxylation is 1. The van der Waals surface area contributed by atoms with Gasteiger partial charge in [-0.05, 0) is 20.3 Å². The fourth-order valence-electron chi connectivity index (χ4n) is 1.61. The van der Waals surface area contributed by atoms with Crippen molar-refractivity contribution in [2.75, 3.05) is 30.4 Å². The number of hydrogen-bond donors (Lipinski definition) is 1. The minimum Gasteiger partial charge on any atom is -0.358 e. The van der Waals surface area contributed by atoms with E-state index < -0.39 is 0 Å². The van der Waals surface area contributed by atoms with Crippen molar-refractivity contribution in [2.45, 2.75) is 27.2 Å². The van der Waals surface area contributed by atoms with E-state index in [2.05, 4.69) is 28.3 Å². The van der Waals surface area contributed by atoms with Gasteiger partial charge in [-0.25, -0.2) is 4.98 Å². The number of nitriles is 1. The van der Waals surface area contributed by atoms with Gasteiger partial charge in [0.15, 0.2) is 0 Å². The van der Waals surface area contributed by atoms with Gasteiger partial charge in [0.25, 0.3) is 0 Å². The first kappa shape index (κ1) is 14.2. The Morgan fingerprint density at radius 3 is 2.83 bits per heavy atom. The minimum atomic E-state index is -0.0164. The van der Waals surface area contributed by atoms with E-state index in [1.807, 2.05) is 31.9 Å². The number of aromatic nitrogens is 2. The highest BCUT2D eigenvalue weighted by Crippen LogP contribution is 2.14. The molecule has 18 heavy (non-hydrogen) atoms. The van der Waals surface area contributed by atoms with E-state index in [0.29, 0.717) is 12.5 Å². The standard InChI is InChI=1S/C13H21N5/c1-5-6-15-13-16-11(3)7-12(17-13)18(4)9-10(2)8-14/h7,10H,5-6,9H2,1-4H3,(H,15,16,17). The van der Waals surface area contributed by atoms with E-state index in [1.165, 1.54) is 0 Å². The van der Waals surface area contributed by atoms with Crippen LogP contribution in [-0.2, 0) is 0 Å². The quantitative estimate of drug-likeness (QED) is 0.835. The second-order valence-corrected chi connectivity index (χ2v) is 4.53. The van der Waals surface area contributed by atoms with Gasteiger partial charge in [0, 0.05) is 31.9 Å². The Morgan fingerprint density at radius 1 is 1.50 bits per heavy atom. The Hall–Kier alpha value is -1.83. The predicted molar refractivity (Wildman–Crippen MR) is 73.6 cm³/mol. The van der Waals surface area contributed by atoms with Gasteiger partial charge < -0.3 is 10.2 Å². The fraction of sp³-hybridized carbons (Fsp3) is 0.615. The van der Waals surface area contributed by atoms with Crippen LogP contribution in [0, 0.1) is 24.2 Å². The molecule has 0 amide bonds. The van der Waals surface area contributed by atoms with E-state index in [-0.39, 0.29) is 5.92 Å². The third-order valence-electron chi connectivity index (χ3n) is 2.53. The predicted octanol–water partition coefficient (Wildman–Crippen LogP) is 2.20. The van der Waals surface area contributed by atoms with E-state index in [9.17, 15) is 0 Å². The molecule has 5 nitrogen and oxygen atoms in total.